The van der Waals surface area contributed by atoms with Crippen molar-refractivity contribution in [2.45, 2.75) is 13.3 Å². The lowest BCUT2D eigenvalue weighted by atomic mass is 9.89. The first-order valence-electron chi connectivity index (χ1n) is 5.81. The topological polar surface area (TPSA) is 21.3 Å². The summed E-state index contributed by atoms with van der Waals surface area (Å²) >= 11 is 12.0. The van der Waals surface area contributed by atoms with Crippen LogP contribution in [0.15, 0.2) is 18.2 Å². The molecule has 17 heavy (non-hydrogen) atoms. The molecule has 1 N–H and O–H groups in total. The molecule has 1 aliphatic heterocycles. The fraction of sp³-hybridized carbons (Fsp3) is 0.538. The molecule has 0 aromatic heterocycles. The molecule has 0 saturated carbocycles. The van der Waals surface area contributed by atoms with Crippen LogP contribution in [0.3, 0.4) is 0 Å². The van der Waals surface area contributed by atoms with Crippen molar-refractivity contribution in [1.29, 1.82) is 0 Å². The average molecular weight is 274 g/mol. The first-order chi connectivity index (χ1) is 8.09. The fourth-order valence-corrected chi connectivity index (χ4v) is 2.39. The van der Waals surface area contributed by atoms with Crippen LogP contribution in [0.4, 0.5) is 0 Å². The van der Waals surface area contributed by atoms with Crippen molar-refractivity contribution >= 4 is 23.2 Å². The van der Waals surface area contributed by atoms with E-state index >= 15 is 0 Å². The number of halogens is 2. The molecule has 1 saturated heterocycles. The Morgan fingerprint density at radius 3 is 2.71 bits per heavy atom. The highest BCUT2D eigenvalue weighted by Gasteiger charge is 2.32. The van der Waals surface area contributed by atoms with Crippen LogP contribution in [0.5, 0.6) is 0 Å². The van der Waals surface area contributed by atoms with E-state index in [1.54, 1.807) is 6.07 Å². The van der Waals surface area contributed by atoms with Gasteiger partial charge in [-0.1, -0.05) is 36.2 Å². The minimum atomic E-state index is 0.323. The molecule has 1 aromatic carbocycles. The van der Waals surface area contributed by atoms with Crippen molar-refractivity contribution in [3.8, 4) is 0 Å². The Kier molecular flexibility index (Phi) is 4.31. The quantitative estimate of drug-likeness (QED) is 0.833. The Hall–Kier alpha value is -0.280. The number of ether oxygens (including phenoxy) is 1. The minimum Gasteiger partial charge on any atom is -0.380 e. The summed E-state index contributed by atoms with van der Waals surface area (Å²) in [4.78, 5) is 0. The lowest BCUT2D eigenvalue weighted by Gasteiger charge is -2.38. The molecule has 0 atom stereocenters. The summed E-state index contributed by atoms with van der Waals surface area (Å²) in [6.45, 7) is 5.89. The van der Waals surface area contributed by atoms with Crippen LogP contribution < -0.4 is 5.32 Å². The lowest BCUT2D eigenvalue weighted by Crippen LogP contribution is -2.47. The van der Waals surface area contributed by atoms with E-state index in [-0.39, 0.29) is 0 Å². The molecule has 2 rings (SSSR count). The zero-order valence-corrected chi connectivity index (χ0v) is 11.4. The van der Waals surface area contributed by atoms with Gasteiger partial charge in [-0.2, -0.15) is 0 Å². The van der Waals surface area contributed by atoms with Crippen molar-refractivity contribution in [3.63, 3.8) is 0 Å². The molecular weight excluding hydrogens is 257 g/mol. The maximum atomic E-state index is 6.10. The Balaban J connectivity index is 1.74. The van der Waals surface area contributed by atoms with Crippen LogP contribution in [-0.2, 0) is 11.2 Å². The van der Waals surface area contributed by atoms with E-state index in [1.165, 1.54) is 0 Å². The first-order valence-corrected chi connectivity index (χ1v) is 6.57. The smallest absolute Gasteiger partial charge is 0.0554 e. The van der Waals surface area contributed by atoms with Crippen molar-refractivity contribution in [2.75, 3.05) is 26.3 Å². The van der Waals surface area contributed by atoms with Crippen LogP contribution in [0.25, 0.3) is 0 Å². The van der Waals surface area contributed by atoms with E-state index in [2.05, 4.69) is 12.2 Å². The molecular formula is C13H17Cl2NO. The standard InChI is InChI=1S/C13H17Cl2NO/c1-13(8-17-9-13)7-16-5-4-10-2-3-11(14)6-12(10)15/h2-3,6,16H,4-5,7-9H2,1H3. The maximum absolute atomic E-state index is 6.10. The molecule has 0 bridgehead atoms. The molecule has 0 radical (unpaired) electrons. The van der Waals surface area contributed by atoms with Gasteiger partial charge in [-0.25, -0.2) is 0 Å². The molecule has 2 nitrogen and oxygen atoms in total. The summed E-state index contributed by atoms with van der Waals surface area (Å²) < 4.78 is 5.21. The predicted octanol–water partition coefficient (Wildman–Crippen LogP) is 3.16. The van der Waals surface area contributed by atoms with E-state index in [4.69, 9.17) is 27.9 Å². The number of benzene rings is 1. The highest BCUT2D eigenvalue weighted by molar-refractivity contribution is 6.35. The van der Waals surface area contributed by atoms with Gasteiger partial charge in [-0.3, -0.25) is 0 Å². The number of rotatable bonds is 5. The molecule has 1 fully saturated rings. The second-order valence-corrected chi connectivity index (χ2v) is 5.81. The fourth-order valence-electron chi connectivity index (χ4n) is 1.89. The number of nitrogens with one attached hydrogen (secondary N) is 1. The Morgan fingerprint density at radius 2 is 2.12 bits per heavy atom. The van der Waals surface area contributed by atoms with Gasteiger partial charge in [0.15, 0.2) is 0 Å². The van der Waals surface area contributed by atoms with Crippen LogP contribution in [0.1, 0.15) is 12.5 Å². The minimum absolute atomic E-state index is 0.323. The van der Waals surface area contributed by atoms with Crippen molar-refractivity contribution in [2.24, 2.45) is 5.41 Å². The summed E-state index contributed by atoms with van der Waals surface area (Å²) in [6, 6.07) is 5.66. The second-order valence-electron chi connectivity index (χ2n) is 4.97. The van der Waals surface area contributed by atoms with E-state index in [0.29, 0.717) is 10.4 Å². The summed E-state index contributed by atoms with van der Waals surface area (Å²) in [6.07, 6.45) is 0.924. The molecule has 0 aliphatic carbocycles. The monoisotopic (exact) mass is 273 g/mol. The zero-order chi connectivity index (χ0) is 12.3. The van der Waals surface area contributed by atoms with Crippen LogP contribution in [0, 0.1) is 5.41 Å². The van der Waals surface area contributed by atoms with Gasteiger partial charge in [0.2, 0.25) is 0 Å². The predicted molar refractivity (Wildman–Crippen MR) is 72.0 cm³/mol. The Labute approximate surface area is 112 Å². The Bertz CT molecular complexity index is 391. The van der Waals surface area contributed by atoms with Gasteiger partial charge in [-0.15, -0.1) is 0 Å². The van der Waals surface area contributed by atoms with E-state index < -0.39 is 0 Å². The molecule has 1 aromatic rings. The number of hydrogen-bond acceptors (Lipinski definition) is 2. The summed E-state index contributed by atoms with van der Waals surface area (Å²) in [5, 5.41) is 4.88. The third-order valence-electron chi connectivity index (χ3n) is 3.04. The van der Waals surface area contributed by atoms with E-state index in [0.717, 1.165) is 43.3 Å². The summed E-state index contributed by atoms with van der Waals surface area (Å²) in [5.41, 5.74) is 1.46. The van der Waals surface area contributed by atoms with Crippen LogP contribution in [-0.4, -0.2) is 26.3 Å². The second kappa shape index (κ2) is 5.57. The molecule has 4 heteroatoms. The SMILES string of the molecule is CC1(CNCCc2ccc(Cl)cc2Cl)COC1. The largest absolute Gasteiger partial charge is 0.380 e. The molecule has 94 valence electrons. The van der Waals surface area contributed by atoms with Gasteiger partial charge in [0, 0.05) is 22.0 Å². The van der Waals surface area contributed by atoms with Gasteiger partial charge < -0.3 is 10.1 Å². The summed E-state index contributed by atoms with van der Waals surface area (Å²) in [5.74, 6) is 0. The maximum Gasteiger partial charge on any atom is 0.0554 e. The van der Waals surface area contributed by atoms with E-state index in [9.17, 15) is 0 Å². The zero-order valence-electron chi connectivity index (χ0n) is 9.93. The van der Waals surface area contributed by atoms with Crippen molar-refractivity contribution in [1.82, 2.24) is 5.32 Å². The Morgan fingerprint density at radius 1 is 1.35 bits per heavy atom. The van der Waals surface area contributed by atoms with Crippen LogP contribution in [0.2, 0.25) is 10.0 Å². The average Bonchev–Trinajstić information content (AvgIpc) is 2.24. The molecule has 0 spiro atoms. The highest BCUT2D eigenvalue weighted by Crippen LogP contribution is 2.25. The number of hydrogen-bond donors (Lipinski definition) is 1. The molecule has 1 heterocycles. The molecule has 1 aliphatic rings. The van der Waals surface area contributed by atoms with Gasteiger partial charge in [0.25, 0.3) is 0 Å². The van der Waals surface area contributed by atoms with Crippen molar-refractivity contribution < 1.29 is 4.74 Å². The van der Waals surface area contributed by atoms with E-state index in [1.807, 2.05) is 12.1 Å². The lowest BCUT2D eigenvalue weighted by molar-refractivity contribution is -0.0988. The van der Waals surface area contributed by atoms with Crippen molar-refractivity contribution in [3.05, 3.63) is 33.8 Å². The third kappa shape index (κ3) is 3.59. The normalized spacial score (nSPS) is 17.8. The highest BCUT2D eigenvalue weighted by atomic mass is 35.5. The van der Waals surface area contributed by atoms with Gasteiger partial charge in [-0.05, 0) is 30.7 Å². The summed E-state index contributed by atoms with van der Waals surface area (Å²) in [7, 11) is 0. The van der Waals surface area contributed by atoms with Crippen LogP contribution >= 0.6 is 23.2 Å². The molecule has 0 unspecified atom stereocenters. The van der Waals surface area contributed by atoms with Gasteiger partial charge in [0.1, 0.15) is 0 Å². The third-order valence-corrected chi connectivity index (χ3v) is 3.63. The van der Waals surface area contributed by atoms with Gasteiger partial charge in [0.05, 0.1) is 13.2 Å². The first kappa shape index (κ1) is 13.2. The molecule has 0 amide bonds. The van der Waals surface area contributed by atoms with Gasteiger partial charge >= 0.3 is 0 Å².